The second-order valence-corrected chi connectivity index (χ2v) is 8.01. The molecule has 1 saturated heterocycles. The van der Waals surface area contributed by atoms with Crippen molar-refractivity contribution >= 4 is 39.2 Å². The summed E-state index contributed by atoms with van der Waals surface area (Å²) < 4.78 is 6.31. The van der Waals surface area contributed by atoms with Crippen molar-refractivity contribution in [2.75, 3.05) is 33.3 Å². The van der Waals surface area contributed by atoms with Gasteiger partial charge in [0.2, 0.25) is 0 Å². The van der Waals surface area contributed by atoms with Crippen LogP contribution in [0.3, 0.4) is 0 Å². The number of likely N-dealkylation sites (tertiary alicyclic amines) is 1. The van der Waals surface area contributed by atoms with E-state index in [0.717, 1.165) is 42.1 Å². The molecule has 1 aliphatic rings. The largest absolute Gasteiger partial charge is 0.466 e. The molecule has 0 spiro atoms. The Bertz CT molecular complexity index is 547. The fourth-order valence-electron chi connectivity index (χ4n) is 2.74. The van der Waals surface area contributed by atoms with Crippen molar-refractivity contribution in [1.82, 2.24) is 10.2 Å². The van der Waals surface area contributed by atoms with E-state index in [-0.39, 0.29) is 11.9 Å². The lowest BCUT2D eigenvalue weighted by Crippen LogP contribution is -2.48. The van der Waals surface area contributed by atoms with E-state index in [1.165, 1.54) is 4.88 Å². The van der Waals surface area contributed by atoms with Gasteiger partial charge in [-0.2, -0.15) is 0 Å². The molecule has 0 bridgehead atoms. The molecule has 128 valence electrons. The fraction of sp³-hybridized carbons (Fsp3) is 0.625. The Kier molecular flexibility index (Phi) is 7.36. The predicted octanol–water partition coefficient (Wildman–Crippen LogP) is 2.90. The molecule has 1 aromatic rings. The van der Waals surface area contributed by atoms with Gasteiger partial charge in [0.25, 0.3) is 0 Å². The molecule has 2 heterocycles. The van der Waals surface area contributed by atoms with Gasteiger partial charge in [0, 0.05) is 31.6 Å². The Morgan fingerprint density at radius 1 is 1.57 bits per heavy atom. The molecule has 2 rings (SSSR count). The molecule has 0 amide bonds. The van der Waals surface area contributed by atoms with Crippen LogP contribution in [0.2, 0.25) is 0 Å². The van der Waals surface area contributed by atoms with Crippen LogP contribution in [0.25, 0.3) is 0 Å². The SMILES string of the molecule is CCOC(=O)C1CCCN(C(=NC)NCCc2ccc(Br)s2)C1. The van der Waals surface area contributed by atoms with Crippen LogP contribution in [0, 0.1) is 5.92 Å². The van der Waals surface area contributed by atoms with Gasteiger partial charge in [-0.25, -0.2) is 0 Å². The van der Waals surface area contributed by atoms with Crippen LogP contribution in [0.4, 0.5) is 0 Å². The number of aliphatic imine (C=N–C) groups is 1. The Hall–Kier alpha value is -1.08. The van der Waals surface area contributed by atoms with Gasteiger partial charge < -0.3 is 15.0 Å². The van der Waals surface area contributed by atoms with Crippen molar-refractivity contribution in [2.24, 2.45) is 10.9 Å². The highest BCUT2D eigenvalue weighted by molar-refractivity contribution is 9.11. The Morgan fingerprint density at radius 3 is 3.04 bits per heavy atom. The number of piperidine rings is 1. The first kappa shape index (κ1) is 18.3. The first-order valence-corrected chi connectivity index (χ1v) is 9.61. The van der Waals surface area contributed by atoms with Crippen LogP contribution in [-0.4, -0.2) is 50.1 Å². The third kappa shape index (κ3) is 5.49. The van der Waals surface area contributed by atoms with Gasteiger partial charge in [-0.15, -0.1) is 11.3 Å². The summed E-state index contributed by atoms with van der Waals surface area (Å²) in [4.78, 5) is 19.8. The normalized spacial score (nSPS) is 18.8. The third-order valence-electron chi connectivity index (χ3n) is 3.84. The molecule has 0 aliphatic carbocycles. The molecule has 0 aromatic carbocycles. The monoisotopic (exact) mass is 401 g/mol. The molecular weight excluding hydrogens is 378 g/mol. The molecule has 1 aromatic heterocycles. The standard InChI is InChI=1S/C16H24BrN3O2S/c1-3-22-15(21)12-5-4-10-20(11-12)16(18-2)19-9-8-13-6-7-14(17)23-13/h6-7,12H,3-5,8-11H2,1-2H3,(H,18,19). The average Bonchev–Trinajstić information content (AvgIpc) is 2.97. The van der Waals surface area contributed by atoms with Gasteiger partial charge in [0.05, 0.1) is 16.3 Å². The maximum Gasteiger partial charge on any atom is 0.310 e. The Labute approximate surface area is 150 Å². The molecular formula is C16H24BrN3O2S. The zero-order chi connectivity index (χ0) is 16.7. The number of rotatable bonds is 5. The minimum atomic E-state index is -0.0870. The van der Waals surface area contributed by atoms with E-state index in [4.69, 9.17) is 4.74 Å². The molecule has 23 heavy (non-hydrogen) atoms. The third-order valence-corrected chi connectivity index (χ3v) is 5.52. The zero-order valence-electron chi connectivity index (χ0n) is 13.7. The van der Waals surface area contributed by atoms with E-state index in [9.17, 15) is 4.79 Å². The highest BCUT2D eigenvalue weighted by Crippen LogP contribution is 2.22. The van der Waals surface area contributed by atoms with Gasteiger partial charge in [-0.1, -0.05) is 0 Å². The van der Waals surface area contributed by atoms with E-state index < -0.39 is 0 Å². The van der Waals surface area contributed by atoms with Crippen LogP contribution >= 0.6 is 27.3 Å². The minimum Gasteiger partial charge on any atom is -0.466 e. The number of carbonyl (C=O) groups excluding carboxylic acids is 1. The number of hydrogen-bond donors (Lipinski definition) is 1. The summed E-state index contributed by atoms with van der Waals surface area (Å²) >= 11 is 5.24. The number of halogens is 1. The van der Waals surface area contributed by atoms with Crippen LogP contribution in [0.15, 0.2) is 20.9 Å². The minimum absolute atomic E-state index is 0.0458. The second-order valence-electron chi connectivity index (χ2n) is 5.47. The summed E-state index contributed by atoms with van der Waals surface area (Å²) in [7, 11) is 1.79. The van der Waals surface area contributed by atoms with E-state index in [1.807, 2.05) is 6.92 Å². The van der Waals surface area contributed by atoms with E-state index in [2.05, 4.69) is 43.3 Å². The van der Waals surface area contributed by atoms with Crippen molar-refractivity contribution in [3.63, 3.8) is 0 Å². The zero-order valence-corrected chi connectivity index (χ0v) is 16.1. The number of hydrogen-bond acceptors (Lipinski definition) is 4. The molecule has 1 aliphatic heterocycles. The summed E-state index contributed by atoms with van der Waals surface area (Å²) in [6, 6.07) is 4.21. The number of ether oxygens (including phenoxy) is 1. The van der Waals surface area contributed by atoms with Gasteiger partial charge in [0.1, 0.15) is 0 Å². The molecule has 5 nitrogen and oxygen atoms in total. The average molecular weight is 402 g/mol. The van der Waals surface area contributed by atoms with Crippen LogP contribution < -0.4 is 5.32 Å². The lowest BCUT2D eigenvalue weighted by molar-refractivity contribution is -0.149. The van der Waals surface area contributed by atoms with E-state index in [1.54, 1.807) is 18.4 Å². The summed E-state index contributed by atoms with van der Waals surface area (Å²) in [5.41, 5.74) is 0. The summed E-state index contributed by atoms with van der Waals surface area (Å²) in [5.74, 6) is 0.737. The maximum absolute atomic E-state index is 11.9. The molecule has 1 N–H and O–H groups in total. The van der Waals surface area contributed by atoms with Crippen molar-refractivity contribution < 1.29 is 9.53 Å². The predicted molar refractivity (Wildman–Crippen MR) is 98.0 cm³/mol. The molecule has 1 unspecified atom stereocenters. The van der Waals surface area contributed by atoms with Crippen LogP contribution in [0.1, 0.15) is 24.6 Å². The molecule has 1 atom stereocenters. The highest BCUT2D eigenvalue weighted by atomic mass is 79.9. The van der Waals surface area contributed by atoms with Gasteiger partial charge in [0.15, 0.2) is 5.96 Å². The second kappa shape index (κ2) is 9.27. The quantitative estimate of drug-likeness (QED) is 0.468. The van der Waals surface area contributed by atoms with Gasteiger partial charge in [-0.05, 0) is 54.2 Å². The van der Waals surface area contributed by atoms with E-state index >= 15 is 0 Å². The summed E-state index contributed by atoms with van der Waals surface area (Å²) in [6.45, 7) is 4.74. The lowest BCUT2D eigenvalue weighted by atomic mass is 9.98. The van der Waals surface area contributed by atoms with Crippen molar-refractivity contribution in [2.45, 2.75) is 26.2 Å². The molecule has 0 radical (unpaired) electrons. The lowest BCUT2D eigenvalue weighted by Gasteiger charge is -2.33. The molecule has 1 fully saturated rings. The van der Waals surface area contributed by atoms with Crippen molar-refractivity contribution in [3.8, 4) is 0 Å². The fourth-order valence-corrected chi connectivity index (χ4v) is 4.22. The van der Waals surface area contributed by atoms with Crippen LogP contribution in [0.5, 0.6) is 0 Å². The van der Waals surface area contributed by atoms with Gasteiger partial charge in [-0.3, -0.25) is 9.79 Å². The number of nitrogens with zero attached hydrogens (tertiary/aromatic N) is 2. The van der Waals surface area contributed by atoms with Gasteiger partial charge >= 0.3 is 5.97 Å². The number of nitrogens with one attached hydrogen (secondary N) is 1. The Balaban J connectivity index is 1.83. The summed E-state index contributed by atoms with van der Waals surface area (Å²) in [6.07, 6.45) is 2.85. The van der Waals surface area contributed by atoms with Crippen LogP contribution in [-0.2, 0) is 16.0 Å². The molecule has 0 saturated carbocycles. The smallest absolute Gasteiger partial charge is 0.310 e. The number of thiophene rings is 1. The summed E-state index contributed by atoms with van der Waals surface area (Å²) in [5, 5.41) is 3.40. The van der Waals surface area contributed by atoms with Crippen molar-refractivity contribution in [1.29, 1.82) is 0 Å². The topological polar surface area (TPSA) is 53.9 Å². The number of guanidine groups is 1. The van der Waals surface area contributed by atoms with E-state index in [0.29, 0.717) is 13.2 Å². The first-order valence-electron chi connectivity index (χ1n) is 8.00. The number of esters is 1. The molecule has 7 heteroatoms. The Morgan fingerprint density at radius 2 is 2.39 bits per heavy atom. The number of carbonyl (C=O) groups is 1. The maximum atomic E-state index is 11.9. The first-order chi connectivity index (χ1) is 11.1. The van der Waals surface area contributed by atoms with Crippen molar-refractivity contribution in [3.05, 3.63) is 20.8 Å². The highest BCUT2D eigenvalue weighted by Gasteiger charge is 2.28.